The quantitative estimate of drug-likeness (QED) is 0.479. The number of ether oxygens (including phenoxy) is 1. The first-order valence-electron chi connectivity index (χ1n) is 5.05. The normalized spacial score (nSPS) is 27.3. The van der Waals surface area contributed by atoms with E-state index in [0.29, 0.717) is 6.42 Å². The fourth-order valence-corrected chi connectivity index (χ4v) is 1.55. The second-order valence-corrected chi connectivity index (χ2v) is 3.80. The zero-order valence-corrected chi connectivity index (χ0v) is 8.74. The van der Waals surface area contributed by atoms with Crippen molar-refractivity contribution in [3.63, 3.8) is 0 Å². The van der Waals surface area contributed by atoms with Gasteiger partial charge in [-0.05, 0) is 6.08 Å². The van der Waals surface area contributed by atoms with Gasteiger partial charge in [0.05, 0.1) is 25.4 Å². The molecule has 0 saturated carbocycles. The van der Waals surface area contributed by atoms with Crippen molar-refractivity contribution in [1.82, 2.24) is 0 Å². The van der Waals surface area contributed by atoms with E-state index in [-0.39, 0.29) is 18.6 Å². The Morgan fingerprint density at radius 2 is 2.31 bits per heavy atom. The van der Waals surface area contributed by atoms with Crippen LogP contribution in [0, 0.1) is 0 Å². The van der Waals surface area contributed by atoms with Gasteiger partial charge in [-0.3, -0.25) is 0 Å². The number of hydrogen-bond donors (Lipinski definition) is 4. The van der Waals surface area contributed by atoms with Gasteiger partial charge in [-0.15, -0.1) is 0 Å². The van der Waals surface area contributed by atoms with Crippen LogP contribution >= 0.6 is 0 Å². The lowest BCUT2D eigenvalue weighted by atomic mass is 9.95. The molecule has 3 atom stereocenters. The molecule has 1 aliphatic carbocycles. The fraction of sp³-hybridized carbons (Fsp3) is 0.700. The van der Waals surface area contributed by atoms with Gasteiger partial charge < -0.3 is 25.2 Å². The van der Waals surface area contributed by atoms with Crippen molar-refractivity contribution in [1.29, 1.82) is 0 Å². The first-order chi connectivity index (χ1) is 7.52. The van der Waals surface area contributed by atoms with Gasteiger partial charge in [-0.1, -0.05) is 0 Å². The molecule has 0 amide bonds. The molecule has 0 aromatic rings. The second-order valence-electron chi connectivity index (χ2n) is 3.80. The molecule has 3 unspecified atom stereocenters. The summed E-state index contributed by atoms with van der Waals surface area (Å²) in [5.74, 6) is -1.07. The topological polar surface area (TPSA) is 107 Å². The van der Waals surface area contributed by atoms with Crippen molar-refractivity contribution in [2.45, 2.75) is 31.2 Å². The van der Waals surface area contributed by atoms with E-state index < -0.39 is 30.9 Å². The third-order valence-electron chi connectivity index (χ3n) is 2.36. The average Bonchev–Trinajstić information content (AvgIpc) is 2.25. The lowest BCUT2D eigenvalue weighted by molar-refractivity contribution is -0.133. The van der Waals surface area contributed by atoms with Crippen molar-refractivity contribution in [3.05, 3.63) is 11.6 Å². The Balaban J connectivity index is 2.46. The van der Waals surface area contributed by atoms with E-state index in [9.17, 15) is 9.90 Å². The molecule has 0 bridgehead atoms. The Morgan fingerprint density at radius 1 is 1.62 bits per heavy atom. The van der Waals surface area contributed by atoms with Crippen LogP contribution in [0.3, 0.4) is 0 Å². The summed E-state index contributed by atoms with van der Waals surface area (Å²) >= 11 is 0. The van der Waals surface area contributed by atoms with Crippen LogP contribution in [0.5, 0.6) is 0 Å². The third kappa shape index (κ3) is 3.90. The zero-order valence-electron chi connectivity index (χ0n) is 8.74. The number of aliphatic hydroxyl groups excluding tert-OH is 3. The summed E-state index contributed by atoms with van der Waals surface area (Å²) in [5, 5.41) is 35.8. The van der Waals surface area contributed by atoms with E-state index in [1.54, 1.807) is 0 Å². The SMILES string of the molecule is O=C(O)C1=CC(O)CC(OCC(O)CO)C1. The molecule has 1 aliphatic rings. The summed E-state index contributed by atoms with van der Waals surface area (Å²) in [4.78, 5) is 10.7. The molecule has 0 aromatic carbocycles. The summed E-state index contributed by atoms with van der Waals surface area (Å²) in [6.45, 7) is -0.475. The molecular formula is C10H16O6. The van der Waals surface area contributed by atoms with Crippen molar-refractivity contribution in [2.75, 3.05) is 13.2 Å². The van der Waals surface area contributed by atoms with Gasteiger partial charge in [0.1, 0.15) is 6.10 Å². The van der Waals surface area contributed by atoms with Crippen LogP contribution in [0.1, 0.15) is 12.8 Å². The Hall–Kier alpha value is -0.950. The monoisotopic (exact) mass is 232 g/mol. The number of carbonyl (C=O) groups is 1. The maximum absolute atomic E-state index is 10.7. The molecule has 6 nitrogen and oxygen atoms in total. The maximum atomic E-state index is 10.7. The minimum absolute atomic E-state index is 0.0687. The molecule has 16 heavy (non-hydrogen) atoms. The smallest absolute Gasteiger partial charge is 0.331 e. The predicted octanol–water partition coefficient (Wildman–Crippen LogP) is -1.11. The van der Waals surface area contributed by atoms with E-state index in [0.717, 1.165) is 0 Å². The van der Waals surface area contributed by atoms with Crippen molar-refractivity contribution in [3.8, 4) is 0 Å². The molecule has 6 heteroatoms. The molecule has 0 fully saturated rings. The highest BCUT2D eigenvalue weighted by Crippen LogP contribution is 2.21. The highest BCUT2D eigenvalue weighted by atomic mass is 16.5. The number of carboxylic acids is 1. The molecule has 0 spiro atoms. The molecule has 0 aromatic heterocycles. The van der Waals surface area contributed by atoms with E-state index in [1.807, 2.05) is 0 Å². The number of hydrogen-bond acceptors (Lipinski definition) is 5. The van der Waals surface area contributed by atoms with E-state index in [1.165, 1.54) is 6.08 Å². The van der Waals surface area contributed by atoms with Gasteiger partial charge in [0.15, 0.2) is 0 Å². The van der Waals surface area contributed by atoms with E-state index in [2.05, 4.69) is 0 Å². The molecule has 0 radical (unpaired) electrons. The molecule has 0 heterocycles. The molecule has 0 saturated heterocycles. The Kier molecular flexibility index (Phi) is 4.88. The van der Waals surface area contributed by atoms with Crippen LogP contribution < -0.4 is 0 Å². The molecule has 4 N–H and O–H groups in total. The average molecular weight is 232 g/mol. The number of aliphatic hydroxyl groups is 3. The first-order valence-corrected chi connectivity index (χ1v) is 5.05. The highest BCUT2D eigenvalue weighted by molar-refractivity contribution is 5.86. The summed E-state index contributed by atoms with van der Waals surface area (Å²) in [6.07, 6.45) is -0.454. The maximum Gasteiger partial charge on any atom is 0.331 e. The zero-order chi connectivity index (χ0) is 12.1. The van der Waals surface area contributed by atoms with Gasteiger partial charge >= 0.3 is 5.97 Å². The van der Waals surface area contributed by atoms with Gasteiger partial charge in [0.25, 0.3) is 0 Å². The lowest BCUT2D eigenvalue weighted by Gasteiger charge is -2.25. The number of carboxylic acid groups (broad SMARTS) is 1. The second kappa shape index (κ2) is 5.95. The summed E-state index contributed by atoms with van der Waals surface area (Å²) in [7, 11) is 0. The van der Waals surface area contributed by atoms with Gasteiger partial charge in [-0.2, -0.15) is 0 Å². The van der Waals surface area contributed by atoms with Crippen molar-refractivity contribution >= 4 is 5.97 Å². The highest BCUT2D eigenvalue weighted by Gasteiger charge is 2.25. The number of aliphatic carboxylic acids is 1. The first kappa shape index (κ1) is 13.1. The standard InChI is InChI=1S/C10H16O6/c11-4-8(13)5-16-9-2-6(10(14)15)1-7(12)3-9/h1,7-9,11-13H,2-5H2,(H,14,15). The summed E-state index contributed by atoms with van der Waals surface area (Å²) < 4.78 is 5.21. The molecule has 1 rings (SSSR count). The molecule has 92 valence electrons. The van der Waals surface area contributed by atoms with Gasteiger partial charge in [0, 0.05) is 18.4 Å². The third-order valence-corrected chi connectivity index (χ3v) is 2.36. The van der Waals surface area contributed by atoms with Crippen LogP contribution in [0.4, 0.5) is 0 Å². The van der Waals surface area contributed by atoms with Crippen LogP contribution in [0.15, 0.2) is 11.6 Å². The van der Waals surface area contributed by atoms with Crippen LogP contribution in [0.2, 0.25) is 0 Å². The molecular weight excluding hydrogens is 216 g/mol. The molecule has 0 aliphatic heterocycles. The van der Waals surface area contributed by atoms with Crippen molar-refractivity contribution in [2.24, 2.45) is 0 Å². The summed E-state index contributed by atoms with van der Waals surface area (Å²) in [6, 6.07) is 0. The van der Waals surface area contributed by atoms with Gasteiger partial charge in [0.2, 0.25) is 0 Å². The van der Waals surface area contributed by atoms with Crippen LogP contribution in [-0.2, 0) is 9.53 Å². The minimum atomic E-state index is -1.07. The van der Waals surface area contributed by atoms with Crippen molar-refractivity contribution < 1.29 is 30.0 Å². The fourth-order valence-electron chi connectivity index (χ4n) is 1.55. The van der Waals surface area contributed by atoms with E-state index in [4.69, 9.17) is 20.1 Å². The Bertz CT molecular complexity index is 274. The number of rotatable bonds is 5. The largest absolute Gasteiger partial charge is 0.478 e. The predicted molar refractivity (Wildman–Crippen MR) is 53.8 cm³/mol. The Labute approximate surface area is 92.8 Å². The lowest BCUT2D eigenvalue weighted by Crippen LogP contribution is -2.31. The van der Waals surface area contributed by atoms with Crippen LogP contribution in [-0.4, -0.2) is 57.9 Å². The van der Waals surface area contributed by atoms with E-state index >= 15 is 0 Å². The van der Waals surface area contributed by atoms with Crippen LogP contribution in [0.25, 0.3) is 0 Å². The van der Waals surface area contributed by atoms with Gasteiger partial charge in [-0.25, -0.2) is 4.79 Å². The Morgan fingerprint density at radius 3 is 2.88 bits per heavy atom. The summed E-state index contributed by atoms with van der Waals surface area (Å²) in [5.41, 5.74) is 0.113. The minimum Gasteiger partial charge on any atom is -0.478 e.